The topological polar surface area (TPSA) is 68.2 Å². The molecular formula is C17H16N4O2S. The Morgan fingerprint density at radius 3 is 2.58 bits per heavy atom. The first-order chi connectivity index (χ1) is 11.7. The molecule has 122 valence electrons. The Labute approximate surface area is 143 Å². The summed E-state index contributed by atoms with van der Waals surface area (Å²) in [6.45, 7) is 2.44. The minimum Gasteiger partial charge on any atom is -0.465 e. The van der Waals surface area contributed by atoms with Crippen LogP contribution in [-0.4, -0.2) is 27.4 Å². The van der Waals surface area contributed by atoms with Crippen molar-refractivity contribution in [3.8, 4) is 0 Å². The van der Waals surface area contributed by atoms with Gasteiger partial charge in [0.05, 0.1) is 19.2 Å². The second-order valence-electron chi connectivity index (χ2n) is 5.09. The highest BCUT2D eigenvalue weighted by Crippen LogP contribution is 2.27. The summed E-state index contributed by atoms with van der Waals surface area (Å²) in [5, 5.41) is 0.781. The van der Waals surface area contributed by atoms with Crippen molar-refractivity contribution in [2.24, 2.45) is 0 Å². The summed E-state index contributed by atoms with van der Waals surface area (Å²) in [7, 11) is 1.37. The number of carbonyl (C=O) groups excluding carboxylic acids is 1. The SMILES string of the molecule is COC(=O)c1ccc(CN(c2ccccn2)c2nc(C)ns2)cc1. The maximum atomic E-state index is 11.5. The van der Waals surface area contributed by atoms with Crippen LogP contribution in [0, 0.1) is 6.92 Å². The number of carbonyl (C=O) groups is 1. The molecule has 2 aromatic heterocycles. The van der Waals surface area contributed by atoms with Crippen LogP contribution in [0.4, 0.5) is 10.9 Å². The quantitative estimate of drug-likeness (QED) is 0.663. The van der Waals surface area contributed by atoms with Gasteiger partial charge in [-0.05, 0) is 36.8 Å². The average Bonchev–Trinajstić information content (AvgIpc) is 3.06. The number of aromatic nitrogens is 3. The third kappa shape index (κ3) is 3.57. The molecule has 1 aromatic carbocycles. The number of hydrogen-bond acceptors (Lipinski definition) is 7. The third-order valence-electron chi connectivity index (χ3n) is 3.39. The summed E-state index contributed by atoms with van der Waals surface area (Å²) in [4.78, 5) is 22.4. The van der Waals surface area contributed by atoms with Crippen molar-refractivity contribution in [1.29, 1.82) is 0 Å². The molecule has 0 radical (unpaired) electrons. The first kappa shape index (κ1) is 16.1. The molecule has 2 heterocycles. The Bertz CT molecular complexity index is 818. The molecule has 7 heteroatoms. The fraction of sp³-hybridized carbons (Fsp3) is 0.176. The second kappa shape index (κ2) is 7.18. The number of ether oxygens (including phenoxy) is 1. The molecule has 0 aliphatic rings. The van der Waals surface area contributed by atoms with Gasteiger partial charge in [-0.1, -0.05) is 18.2 Å². The van der Waals surface area contributed by atoms with Gasteiger partial charge in [-0.3, -0.25) is 4.90 Å². The van der Waals surface area contributed by atoms with E-state index < -0.39 is 0 Å². The maximum Gasteiger partial charge on any atom is 0.337 e. The molecule has 3 aromatic rings. The van der Waals surface area contributed by atoms with Gasteiger partial charge in [0.25, 0.3) is 0 Å². The molecule has 0 aliphatic carbocycles. The van der Waals surface area contributed by atoms with E-state index in [-0.39, 0.29) is 5.97 Å². The normalized spacial score (nSPS) is 10.4. The first-order valence-electron chi connectivity index (χ1n) is 7.33. The molecule has 0 amide bonds. The van der Waals surface area contributed by atoms with Gasteiger partial charge >= 0.3 is 5.97 Å². The molecule has 0 atom stereocenters. The Morgan fingerprint density at radius 2 is 2.00 bits per heavy atom. The van der Waals surface area contributed by atoms with Gasteiger partial charge in [0.2, 0.25) is 5.13 Å². The molecule has 0 aliphatic heterocycles. The van der Waals surface area contributed by atoms with E-state index in [2.05, 4.69) is 14.3 Å². The van der Waals surface area contributed by atoms with Crippen LogP contribution in [-0.2, 0) is 11.3 Å². The number of anilines is 2. The Morgan fingerprint density at radius 1 is 1.21 bits per heavy atom. The van der Waals surface area contributed by atoms with Crippen LogP contribution in [0.15, 0.2) is 48.7 Å². The monoisotopic (exact) mass is 340 g/mol. The average molecular weight is 340 g/mol. The molecule has 3 rings (SSSR count). The van der Waals surface area contributed by atoms with Crippen molar-refractivity contribution < 1.29 is 9.53 Å². The highest BCUT2D eigenvalue weighted by molar-refractivity contribution is 7.09. The second-order valence-corrected chi connectivity index (χ2v) is 5.82. The van der Waals surface area contributed by atoms with Gasteiger partial charge in [0, 0.05) is 17.7 Å². The molecule has 0 unspecified atom stereocenters. The Hall–Kier alpha value is -2.80. The van der Waals surface area contributed by atoms with Crippen molar-refractivity contribution in [3.63, 3.8) is 0 Å². The summed E-state index contributed by atoms with van der Waals surface area (Å²) in [5.41, 5.74) is 1.55. The van der Waals surface area contributed by atoms with Crippen molar-refractivity contribution in [1.82, 2.24) is 14.3 Å². The lowest BCUT2D eigenvalue weighted by Crippen LogP contribution is -2.17. The number of hydrogen-bond donors (Lipinski definition) is 0. The van der Waals surface area contributed by atoms with Gasteiger partial charge in [0.15, 0.2) is 0 Å². The highest BCUT2D eigenvalue weighted by atomic mass is 32.1. The number of rotatable bonds is 5. The zero-order chi connectivity index (χ0) is 16.9. The van der Waals surface area contributed by atoms with E-state index >= 15 is 0 Å². The van der Waals surface area contributed by atoms with E-state index in [9.17, 15) is 4.79 Å². The number of pyridine rings is 1. The summed E-state index contributed by atoms with van der Waals surface area (Å²) in [6.07, 6.45) is 1.75. The van der Waals surface area contributed by atoms with Crippen molar-refractivity contribution in [3.05, 3.63) is 65.6 Å². The van der Waals surface area contributed by atoms with Crippen molar-refractivity contribution in [2.75, 3.05) is 12.0 Å². The molecule has 6 nitrogen and oxygen atoms in total. The van der Waals surface area contributed by atoms with Crippen molar-refractivity contribution in [2.45, 2.75) is 13.5 Å². The minimum atomic E-state index is -0.345. The fourth-order valence-corrected chi connectivity index (χ4v) is 2.89. The van der Waals surface area contributed by atoms with Crippen LogP contribution < -0.4 is 4.90 Å². The lowest BCUT2D eigenvalue weighted by Gasteiger charge is -2.20. The molecule has 24 heavy (non-hydrogen) atoms. The van der Waals surface area contributed by atoms with E-state index in [1.165, 1.54) is 18.6 Å². The van der Waals surface area contributed by atoms with Gasteiger partial charge in [-0.15, -0.1) is 0 Å². The lowest BCUT2D eigenvalue weighted by atomic mass is 10.1. The Kier molecular flexibility index (Phi) is 4.81. The molecule has 0 N–H and O–H groups in total. The van der Waals surface area contributed by atoms with Gasteiger partial charge in [-0.2, -0.15) is 4.37 Å². The molecule has 0 saturated carbocycles. The number of benzene rings is 1. The van der Waals surface area contributed by atoms with E-state index in [0.717, 1.165) is 22.3 Å². The summed E-state index contributed by atoms with van der Waals surface area (Å²) in [6, 6.07) is 13.0. The van der Waals surface area contributed by atoms with E-state index in [0.29, 0.717) is 12.1 Å². The molecular weight excluding hydrogens is 324 g/mol. The largest absolute Gasteiger partial charge is 0.465 e. The molecule has 0 saturated heterocycles. The summed E-state index contributed by atoms with van der Waals surface area (Å²) < 4.78 is 8.98. The van der Waals surface area contributed by atoms with Crippen molar-refractivity contribution >= 4 is 28.5 Å². The van der Waals surface area contributed by atoms with E-state index in [4.69, 9.17) is 4.74 Å². The predicted molar refractivity (Wildman–Crippen MR) is 92.5 cm³/mol. The number of nitrogens with zero attached hydrogens (tertiary/aromatic N) is 4. The number of methoxy groups -OCH3 is 1. The maximum absolute atomic E-state index is 11.5. The first-order valence-corrected chi connectivity index (χ1v) is 8.11. The zero-order valence-corrected chi connectivity index (χ0v) is 14.2. The molecule has 0 spiro atoms. The minimum absolute atomic E-state index is 0.345. The smallest absolute Gasteiger partial charge is 0.337 e. The predicted octanol–water partition coefficient (Wildman–Crippen LogP) is 3.37. The number of esters is 1. The van der Waals surface area contributed by atoms with Crippen LogP contribution >= 0.6 is 11.5 Å². The third-order valence-corrected chi connectivity index (χ3v) is 4.22. The number of aryl methyl sites for hydroxylation is 1. The lowest BCUT2D eigenvalue weighted by molar-refractivity contribution is 0.0600. The van der Waals surface area contributed by atoms with Crippen LogP contribution in [0.1, 0.15) is 21.7 Å². The van der Waals surface area contributed by atoms with Crippen LogP contribution in [0.2, 0.25) is 0 Å². The van der Waals surface area contributed by atoms with Crippen LogP contribution in [0.25, 0.3) is 0 Å². The summed E-state index contributed by atoms with van der Waals surface area (Å²) >= 11 is 1.33. The highest BCUT2D eigenvalue weighted by Gasteiger charge is 2.16. The van der Waals surface area contributed by atoms with Gasteiger partial charge in [0.1, 0.15) is 11.6 Å². The zero-order valence-electron chi connectivity index (χ0n) is 13.3. The molecule has 0 bridgehead atoms. The van der Waals surface area contributed by atoms with Gasteiger partial charge in [-0.25, -0.2) is 14.8 Å². The van der Waals surface area contributed by atoms with Crippen LogP contribution in [0.5, 0.6) is 0 Å². The van der Waals surface area contributed by atoms with E-state index in [1.54, 1.807) is 18.3 Å². The fourth-order valence-electron chi connectivity index (χ4n) is 2.20. The van der Waals surface area contributed by atoms with Crippen LogP contribution in [0.3, 0.4) is 0 Å². The summed E-state index contributed by atoms with van der Waals surface area (Å²) in [5.74, 6) is 1.19. The Balaban J connectivity index is 1.88. The molecule has 0 fully saturated rings. The van der Waals surface area contributed by atoms with Gasteiger partial charge < -0.3 is 4.74 Å². The standard InChI is InChI=1S/C17H16N4O2S/c1-12-19-17(24-20-12)21(15-5-3-4-10-18-15)11-13-6-8-14(9-7-13)16(22)23-2/h3-10H,11H2,1-2H3. The van der Waals surface area contributed by atoms with E-state index in [1.807, 2.05) is 42.2 Å².